The van der Waals surface area contributed by atoms with Crippen LogP contribution in [0.5, 0.6) is 0 Å². The molecule has 0 saturated carbocycles. The number of carbonyl (C=O) groups is 4. The molecule has 174 valence electrons. The zero-order valence-corrected chi connectivity index (χ0v) is 19.5. The Hall–Kier alpha value is -3.13. The maximum absolute atomic E-state index is 13.1. The fourth-order valence-electron chi connectivity index (χ4n) is 4.25. The molecule has 1 heterocycles. The molecule has 2 aromatic carbocycles. The van der Waals surface area contributed by atoms with E-state index in [1.807, 2.05) is 61.5 Å². The van der Waals surface area contributed by atoms with Crippen LogP contribution in [0.3, 0.4) is 0 Å². The van der Waals surface area contributed by atoms with Crippen LogP contribution in [0, 0.1) is 6.92 Å². The van der Waals surface area contributed by atoms with Crippen molar-refractivity contribution in [2.45, 2.75) is 50.4 Å². The molecule has 3 unspecified atom stereocenters. The number of likely N-dealkylation sites (tertiary alicyclic amines) is 1. The molecule has 0 aliphatic carbocycles. The summed E-state index contributed by atoms with van der Waals surface area (Å²) in [5, 5.41) is 11.4. The molecule has 0 spiro atoms. The third-order valence-corrected chi connectivity index (χ3v) is 6.78. The van der Waals surface area contributed by atoms with E-state index < -0.39 is 29.1 Å². The van der Waals surface area contributed by atoms with Crippen molar-refractivity contribution in [3.8, 4) is 0 Å². The van der Waals surface area contributed by atoms with Crippen molar-refractivity contribution < 1.29 is 24.3 Å². The summed E-state index contributed by atoms with van der Waals surface area (Å²) in [6, 6.07) is 15.6. The lowest BCUT2D eigenvalue weighted by Gasteiger charge is -2.30. The zero-order valence-electron chi connectivity index (χ0n) is 18.7. The van der Waals surface area contributed by atoms with Gasteiger partial charge in [0.15, 0.2) is 5.12 Å². The smallest absolute Gasteiger partial charge is 0.326 e. The van der Waals surface area contributed by atoms with E-state index in [1.165, 1.54) is 11.8 Å². The van der Waals surface area contributed by atoms with E-state index in [9.17, 15) is 24.3 Å². The lowest BCUT2D eigenvalue weighted by molar-refractivity contribution is -0.149. The van der Waals surface area contributed by atoms with Crippen LogP contribution in [0.1, 0.15) is 42.5 Å². The minimum atomic E-state index is -1.06. The molecule has 7 nitrogen and oxygen atoms in total. The Balaban J connectivity index is 1.72. The highest BCUT2D eigenvalue weighted by Crippen LogP contribution is 2.37. The second kappa shape index (κ2) is 11.1. The molecule has 1 aliphatic rings. The minimum absolute atomic E-state index is 0.192. The van der Waals surface area contributed by atoms with Crippen molar-refractivity contribution in [1.82, 2.24) is 10.2 Å². The van der Waals surface area contributed by atoms with Gasteiger partial charge in [-0.1, -0.05) is 66.4 Å². The topological polar surface area (TPSA) is 104 Å². The van der Waals surface area contributed by atoms with Crippen LogP contribution in [0.25, 0.3) is 0 Å². The molecule has 8 heteroatoms. The van der Waals surface area contributed by atoms with Gasteiger partial charge >= 0.3 is 5.97 Å². The van der Waals surface area contributed by atoms with Gasteiger partial charge in [-0.05, 0) is 42.9 Å². The molecule has 2 aromatic rings. The van der Waals surface area contributed by atoms with Gasteiger partial charge < -0.3 is 15.3 Å². The van der Waals surface area contributed by atoms with Crippen LogP contribution in [-0.4, -0.2) is 50.7 Å². The summed E-state index contributed by atoms with van der Waals surface area (Å²) in [6.07, 6.45) is 1.24. The number of carbonyl (C=O) groups excluding carboxylic acids is 3. The summed E-state index contributed by atoms with van der Waals surface area (Å²) in [7, 11) is 0. The summed E-state index contributed by atoms with van der Waals surface area (Å²) < 4.78 is 0. The first-order valence-corrected chi connectivity index (χ1v) is 11.7. The number of nitrogens with zero attached hydrogens (tertiary/aromatic N) is 1. The molecule has 2 N–H and O–H groups in total. The highest BCUT2D eigenvalue weighted by Gasteiger charge is 2.42. The van der Waals surface area contributed by atoms with Gasteiger partial charge in [0.1, 0.15) is 6.04 Å². The molecule has 33 heavy (non-hydrogen) atoms. The van der Waals surface area contributed by atoms with Crippen molar-refractivity contribution in [2.24, 2.45) is 0 Å². The first-order chi connectivity index (χ1) is 15.8. The van der Waals surface area contributed by atoms with E-state index in [-0.39, 0.29) is 17.7 Å². The van der Waals surface area contributed by atoms with Crippen molar-refractivity contribution in [1.29, 1.82) is 0 Å². The van der Waals surface area contributed by atoms with Gasteiger partial charge in [0, 0.05) is 6.92 Å². The number of hydrogen-bond donors (Lipinski definition) is 2. The van der Waals surface area contributed by atoms with Gasteiger partial charge in [-0.2, -0.15) is 0 Å². The van der Waals surface area contributed by atoms with Crippen molar-refractivity contribution in [3.63, 3.8) is 0 Å². The average Bonchev–Trinajstić information content (AvgIpc) is 3.23. The number of carboxylic acid groups (broad SMARTS) is 1. The molecule has 3 rings (SSSR count). The number of aliphatic carboxylic acids is 1. The standard InChI is InChI=1S/C25H28N2O5S/c1-16-8-6-7-11-19(16)20-12-13-21(25(31)32)27(20)23(29)15-26-24(30)22(33-17(2)28)14-18-9-4-3-5-10-18/h3-11,20-22H,12-15H2,1-2H3,(H,26,30)(H,31,32). The zero-order chi connectivity index (χ0) is 24.0. The normalized spacial score (nSPS) is 18.5. The molecule has 1 aliphatic heterocycles. The van der Waals surface area contributed by atoms with E-state index >= 15 is 0 Å². The third kappa shape index (κ3) is 6.22. The van der Waals surface area contributed by atoms with Crippen LogP contribution in [0.15, 0.2) is 54.6 Å². The van der Waals surface area contributed by atoms with Crippen LogP contribution >= 0.6 is 11.8 Å². The molecule has 0 bridgehead atoms. The predicted octanol–water partition coefficient (Wildman–Crippen LogP) is 3.12. The number of amides is 2. The fourth-order valence-corrected chi connectivity index (χ4v) is 5.12. The number of carboxylic acids is 1. The van der Waals surface area contributed by atoms with Gasteiger partial charge in [0.05, 0.1) is 17.8 Å². The van der Waals surface area contributed by atoms with Gasteiger partial charge in [0.25, 0.3) is 0 Å². The van der Waals surface area contributed by atoms with Crippen molar-refractivity contribution >= 4 is 34.7 Å². The fraction of sp³-hybridized carbons (Fsp3) is 0.360. The second-order valence-corrected chi connectivity index (χ2v) is 9.49. The summed E-state index contributed by atoms with van der Waals surface area (Å²) in [4.78, 5) is 50.9. The maximum atomic E-state index is 13.1. The largest absolute Gasteiger partial charge is 0.480 e. The van der Waals surface area contributed by atoms with E-state index in [1.54, 1.807) is 0 Å². The van der Waals surface area contributed by atoms with Crippen molar-refractivity contribution in [2.75, 3.05) is 6.54 Å². The SMILES string of the molecule is CC(=O)SC(Cc1ccccc1)C(=O)NCC(=O)N1C(C(=O)O)CCC1c1ccccc1C. The summed E-state index contributed by atoms with van der Waals surface area (Å²) in [5.41, 5.74) is 2.80. The Labute approximate surface area is 197 Å². The van der Waals surface area contributed by atoms with E-state index in [2.05, 4.69) is 5.32 Å². The number of nitrogens with one attached hydrogen (secondary N) is 1. The Morgan fingerprint density at radius 1 is 1.06 bits per heavy atom. The predicted molar refractivity (Wildman–Crippen MR) is 127 cm³/mol. The van der Waals surface area contributed by atoms with E-state index in [4.69, 9.17) is 0 Å². The molecule has 2 amide bonds. The van der Waals surface area contributed by atoms with E-state index in [0.29, 0.717) is 19.3 Å². The third-order valence-electron chi connectivity index (χ3n) is 5.78. The Morgan fingerprint density at radius 3 is 2.36 bits per heavy atom. The lowest BCUT2D eigenvalue weighted by Crippen LogP contribution is -2.48. The maximum Gasteiger partial charge on any atom is 0.326 e. The number of thioether (sulfide) groups is 1. The highest BCUT2D eigenvalue weighted by molar-refractivity contribution is 8.14. The number of hydrogen-bond acceptors (Lipinski definition) is 5. The number of benzene rings is 2. The first kappa shape index (κ1) is 24.5. The van der Waals surface area contributed by atoms with Gasteiger partial charge in [-0.25, -0.2) is 4.79 Å². The van der Waals surface area contributed by atoms with Crippen LogP contribution in [0.2, 0.25) is 0 Å². The average molecular weight is 469 g/mol. The summed E-state index contributed by atoms with van der Waals surface area (Å²) >= 11 is 0.921. The summed E-state index contributed by atoms with van der Waals surface area (Å²) in [6.45, 7) is 3.01. The quantitative estimate of drug-likeness (QED) is 0.617. The Bertz CT molecular complexity index is 1030. The molecule has 1 saturated heterocycles. The van der Waals surface area contributed by atoms with Crippen molar-refractivity contribution in [3.05, 3.63) is 71.3 Å². The Morgan fingerprint density at radius 2 is 1.73 bits per heavy atom. The molecule has 3 atom stereocenters. The van der Waals surface area contributed by atoms with E-state index in [0.717, 1.165) is 28.5 Å². The molecule has 0 radical (unpaired) electrons. The number of rotatable bonds is 8. The monoisotopic (exact) mass is 468 g/mol. The Kier molecular flexibility index (Phi) is 8.27. The van der Waals surface area contributed by atoms with Gasteiger partial charge in [-0.15, -0.1) is 0 Å². The molecule has 1 fully saturated rings. The van der Waals surface area contributed by atoms with Gasteiger partial charge in [-0.3, -0.25) is 14.4 Å². The highest BCUT2D eigenvalue weighted by atomic mass is 32.2. The molecule has 0 aromatic heterocycles. The minimum Gasteiger partial charge on any atom is -0.480 e. The number of aryl methyl sites for hydroxylation is 1. The summed E-state index contributed by atoms with van der Waals surface area (Å²) in [5.74, 6) is -1.93. The van der Waals surface area contributed by atoms with Gasteiger partial charge in [0.2, 0.25) is 11.8 Å². The van der Waals surface area contributed by atoms with Crippen LogP contribution < -0.4 is 5.32 Å². The first-order valence-electron chi connectivity index (χ1n) is 10.9. The van der Waals surface area contributed by atoms with Crippen LogP contribution in [-0.2, 0) is 25.6 Å². The van der Waals surface area contributed by atoms with Crippen LogP contribution in [0.4, 0.5) is 0 Å². The molecular formula is C25H28N2O5S. The lowest BCUT2D eigenvalue weighted by atomic mass is 9.99. The second-order valence-electron chi connectivity index (χ2n) is 8.11. The molecular weight excluding hydrogens is 440 g/mol.